The Morgan fingerprint density at radius 2 is 1.95 bits per heavy atom. The molecule has 3 rings (SSSR count). The summed E-state index contributed by atoms with van der Waals surface area (Å²) in [5.74, 6) is 1.26. The molecule has 0 bridgehead atoms. The molecule has 3 N–H and O–H groups in total. The van der Waals surface area contributed by atoms with Gasteiger partial charge < -0.3 is 11.1 Å². The molecule has 0 saturated carbocycles. The number of hydrogen-bond acceptors (Lipinski definition) is 5. The third-order valence-electron chi connectivity index (χ3n) is 3.47. The first-order valence-electron chi connectivity index (χ1n) is 6.89. The normalized spacial score (nSPS) is 10.7. The number of nitrogen functional groups attached to an aromatic ring is 1. The average molecular weight is 279 g/mol. The number of anilines is 2. The molecule has 0 amide bonds. The van der Waals surface area contributed by atoms with Crippen molar-refractivity contribution in [2.75, 3.05) is 17.6 Å². The lowest BCUT2D eigenvalue weighted by Gasteiger charge is -2.09. The smallest absolute Gasteiger partial charge is 0.166 e. The topological polar surface area (TPSA) is 76.7 Å². The Hall–Kier alpha value is -2.69. The van der Waals surface area contributed by atoms with Crippen molar-refractivity contribution in [2.24, 2.45) is 0 Å². The van der Waals surface area contributed by atoms with Crippen molar-refractivity contribution >= 4 is 22.7 Å². The molecule has 0 radical (unpaired) electrons. The average Bonchev–Trinajstić information content (AvgIpc) is 2.49. The van der Waals surface area contributed by atoms with Gasteiger partial charge in [-0.3, -0.25) is 0 Å². The molecule has 0 unspecified atom stereocenters. The fourth-order valence-electron chi connectivity index (χ4n) is 2.30. The second-order valence-electron chi connectivity index (χ2n) is 4.93. The highest BCUT2D eigenvalue weighted by Gasteiger charge is 2.05. The van der Waals surface area contributed by atoms with Crippen molar-refractivity contribution in [1.29, 1.82) is 0 Å². The molecule has 1 aromatic carbocycles. The summed E-state index contributed by atoms with van der Waals surface area (Å²) in [6, 6.07) is 12.1. The van der Waals surface area contributed by atoms with Crippen LogP contribution in [-0.4, -0.2) is 21.5 Å². The lowest BCUT2D eigenvalue weighted by atomic mass is 10.1. The van der Waals surface area contributed by atoms with Gasteiger partial charge in [-0.1, -0.05) is 24.3 Å². The zero-order chi connectivity index (χ0) is 14.7. The number of aryl methyl sites for hydroxylation is 1. The second kappa shape index (κ2) is 5.75. The number of nitrogens with two attached hydrogens (primary N) is 1. The molecule has 0 fully saturated rings. The molecule has 21 heavy (non-hydrogen) atoms. The van der Waals surface area contributed by atoms with E-state index in [-0.39, 0.29) is 0 Å². The van der Waals surface area contributed by atoms with Gasteiger partial charge in [-0.25, -0.2) is 15.0 Å². The van der Waals surface area contributed by atoms with Crippen molar-refractivity contribution < 1.29 is 0 Å². The third-order valence-corrected chi connectivity index (χ3v) is 3.47. The van der Waals surface area contributed by atoms with Gasteiger partial charge in [-0.2, -0.15) is 0 Å². The number of rotatable bonds is 4. The molecule has 3 aromatic rings. The summed E-state index contributed by atoms with van der Waals surface area (Å²) in [6.07, 6.45) is 2.45. The Balaban J connectivity index is 1.75. The van der Waals surface area contributed by atoms with Gasteiger partial charge in [0, 0.05) is 6.54 Å². The lowest BCUT2D eigenvalue weighted by Crippen LogP contribution is -2.08. The summed E-state index contributed by atoms with van der Waals surface area (Å²) in [4.78, 5) is 12.6. The molecule has 0 aliphatic heterocycles. The van der Waals surface area contributed by atoms with Crippen LogP contribution in [0.3, 0.4) is 0 Å². The van der Waals surface area contributed by atoms with E-state index in [1.165, 1.54) is 17.5 Å². The van der Waals surface area contributed by atoms with Crippen molar-refractivity contribution in [2.45, 2.75) is 13.3 Å². The van der Waals surface area contributed by atoms with E-state index in [1.54, 1.807) is 6.07 Å². The monoisotopic (exact) mass is 279 g/mol. The maximum atomic E-state index is 5.67. The van der Waals surface area contributed by atoms with Gasteiger partial charge in [0.25, 0.3) is 0 Å². The number of nitrogens with one attached hydrogen (secondary N) is 1. The molecular weight excluding hydrogens is 262 g/mol. The third kappa shape index (κ3) is 2.91. The highest BCUT2D eigenvalue weighted by atomic mass is 15.0. The highest BCUT2D eigenvalue weighted by Crippen LogP contribution is 2.18. The zero-order valence-corrected chi connectivity index (χ0v) is 11.9. The minimum Gasteiger partial charge on any atom is -0.384 e. The van der Waals surface area contributed by atoms with E-state index in [0.717, 1.165) is 24.2 Å². The summed E-state index contributed by atoms with van der Waals surface area (Å²) in [7, 11) is 0. The summed E-state index contributed by atoms with van der Waals surface area (Å²) < 4.78 is 0. The van der Waals surface area contributed by atoms with Gasteiger partial charge >= 0.3 is 0 Å². The molecule has 0 atom stereocenters. The zero-order valence-electron chi connectivity index (χ0n) is 11.9. The molecule has 0 saturated heterocycles. The molecule has 2 aromatic heterocycles. The first kappa shape index (κ1) is 13.3. The largest absolute Gasteiger partial charge is 0.384 e. The number of pyridine rings is 1. The molecular formula is C16H17N5. The predicted molar refractivity (Wildman–Crippen MR) is 85.1 cm³/mol. The lowest BCUT2D eigenvalue weighted by molar-refractivity contribution is 0.993. The summed E-state index contributed by atoms with van der Waals surface area (Å²) in [5.41, 5.74) is 8.93. The molecule has 0 spiro atoms. The molecule has 2 heterocycles. The van der Waals surface area contributed by atoms with Gasteiger partial charge in [0.05, 0.1) is 5.39 Å². The van der Waals surface area contributed by atoms with Crippen LogP contribution in [-0.2, 0) is 6.42 Å². The van der Waals surface area contributed by atoms with Crippen LogP contribution in [0.4, 0.5) is 11.6 Å². The highest BCUT2D eigenvalue weighted by molar-refractivity contribution is 5.87. The summed E-state index contributed by atoms with van der Waals surface area (Å²) in [5, 5.41) is 4.24. The van der Waals surface area contributed by atoms with E-state index in [0.29, 0.717) is 11.5 Å². The molecule has 106 valence electrons. The Kier molecular flexibility index (Phi) is 3.64. The number of aromatic nitrogens is 3. The van der Waals surface area contributed by atoms with Crippen LogP contribution in [0.1, 0.15) is 11.1 Å². The van der Waals surface area contributed by atoms with E-state index >= 15 is 0 Å². The van der Waals surface area contributed by atoms with E-state index in [4.69, 9.17) is 5.73 Å². The first-order valence-corrected chi connectivity index (χ1v) is 6.89. The first-order chi connectivity index (χ1) is 10.2. The Labute approximate surface area is 123 Å². The van der Waals surface area contributed by atoms with Gasteiger partial charge in [-0.15, -0.1) is 0 Å². The standard InChI is InChI=1S/C16H17N5/c1-11-4-2-3-5-12(11)8-9-18-15-13-6-7-14(17)21-16(13)20-10-19-15/h2-7,10H,8-9H2,1H3,(H3,17,18,19,20,21). The SMILES string of the molecule is Cc1ccccc1CCNc1ncnc2nc(N)ccc12. The fraction of sp³-hybridized carbons (Fsp3) is 0.188. The molecule has 5 heteroatoms. The van der Waals surface area contributed by atoms with Gasteiger partial charge in [-0.05, 0) is 36.6 Å². The number of hydrogen-bond donors (Lipinski definition) is 2. The van der Waals surface area contributed by atoms with Crippen molar-refractivity contribution in [3.05, 3.63) is 53.9 Å². The van der Waals surface area contributed by atoms with Crippen LogP contribution in [0.25, 0.3) is 11.0 Å². The molecule has 0 aliphatic rings. The van der Waals surface area contributed by atoms with Crippen LogP contribution in [0.15, 0.2) is 42.7 Å². The van der Waals surface area contributed by atoms with E-state index < -0.39 is 0 Å². The van der Waals surface area contributed by atoms with E-state index in [1.807, 2.05) is 6.07 Å². The maximum absolute atomic E-state index is 5.67. The minimum atomic E-state index is 0.465. The Morgan fingerprint density at radius 3 is 2.81 bits per heavy atom. The van der Waals surface area contributed by atoms with Crippen LogP contribution >= 0.6 is 0 Å². The number of nitrogens with zero attached hydrogens (tertiary/aromatic N) is 3. The van der Waals surface area contributed by atoms with Gasteiger partial charge in [0.1, 0.15) is 18.0 Å². The minimum absolute atomic E-state index is 0.465. The van der Waals surface area contributed by atoms with Crippen LogP contribution in [0, 0.1) is 6.92 Å². The second-order valence-corrected chi connectivity index (χ2v) is 4.93. The fourth-order valence-corrected chi connectivity index (χ4v) is 2.30. The van der Waals surface area contributed by atoms with Gasteiger partial charge in [0.15, 0.2) is 5.65 Å². The summed E-state index contributed by atoms with van der Waals surface area (Å²) >= 11 is 0. The quantitative estimate of drug-likeness (QED) is 0.767. The van der Waals surface area contributed by atoms with Crippen LogP contribution in [0.2, 0.25) is 0 Å². The van der Waals surface area contributed by atoms with E-state index in [9.17, 15) is 0 Å². The maximum Gasteiger partial charge on any atom is 0.166 e. The van der Waals surface area contributed by atoms with E-state index in [2.05, 4.69) is 51.5 Å². The van der Waals surface area contributed by atoms with Gasteiger partial charge in [0.2, 0.25) is 0 Å². The summed E-state index contributed by atoms with van der Waals surface area (Å²) in [6.45, 7) is 2.93. The molecule has 5 nitrogen and oxygen atoms in total. The number of benzene rings is 1. The number of fused-ring (bicyclic) bond motifs is 1. The van der Waals surface area contributed by atoms with Crippen LogP contribution in [0.5, 0.6) is 0 Å². The predicted octanol–water partition coefficient (Wildman–Crippen LogP) is 2.57. The van der Waals surface area contributed by atoms with Crippen molar-refractivity contribution in [3.63, 3.8) is 0 Å². The molecule has 0 aliphatic carbocycles. The van der Waals surface area contributed by atoms with Crippen molar-refractivity contribution in [3.8, 4) is 0 Å². The van der Waals surface area contributed by atoms with Crippen LogP contribution < -0.4 is 11.1 Å². The van der Waals surface area contributed by atoms with Crippen molar-refractivity contribution in [1.82, 2.24) is 15.0 Å². The Bertz CT molecular complexity index is 769. The Morgan fingerprint density at radius 1 is 1.10 bits per heavy atom.